The van der Waals surface area contributed by atoms with Gasteiger partial charge in [0.15, 0.2) is 0 Å². The van der Waals surface area contributed by atoms with Gasteiger partial charge in [0.05, 0.1) is 29.1 Å². The summed E-state index contributed by atoms with van der Waals surface area (Å²) in [6.45, 7) is 0.152. The number of amides is 1. The molecule has 45 heavy (non-hydrogen) atoms. The number of ether oxygens (including phenoxy) is 1. The lowest BCUT2D eigenvalue weighted by Crippen LogP contribution is -2.48. The number of para-hydroxylation sites is 1. The number of carboxylic acids is 1. The van der Waals surface area contributed by atoms with Gasteiger partial charge in [-0.2, -0.15) is 13.2 Å². The van der Waals surface area contributed by atoms with Crippen molar-refractivity contribution in [3.05, 3.63) is 113 Å². The van der Waals surface area contributed by atoms with Crippen LogP contribution in [0.15, 0.2) is 95.9 Å². The third kappa shape index (κ3) is 7.07. The van der Waals surface area contributed by atoms with Crippen molar-refractivity contribution in [1.29, 1.82) is 0 Å². The van der Waals surface area contributed by atoms with Crippen molar-refractivity contribution in [1.82, 2.24) is 5.32 Å². The van der Waals surface area contributed by atoms with E-state index in [1.807, 2.05) is 0 Å². The Morgan fingerprint density at radius 3 is 2.33 bits per heavy atom. The molecule has 5 rings (SSSR count). The number of fused-ring (bicyclic) bond motifs is 1. The molecule has 4 aromatic carbocycles. The number of carboxylic acid groups (broad SMARTS) is 1. The van der Waals surface area contributed by atoms with Crippen LogP contribution in [0.25, 0.3) is 11.1 Å². The summed E-state index contributed by atoms with van der Waals surface area (Å²) in [6, 6.07) is 20.3. The normalized spacial score (nSPS) is 14.6. The van der Waals surface area contributed by atoms with E-state index in [2.05, 4.69) is 5.32 Å². The molecule has 0 spiro atoms. The zero-order valence-electron chi connectivity index (χ0n) is 23.4. The van der Waals surface area contributed by atoms with Gasteiger partial charge in [0, 0.05) is 17.0 Å². The van der Waals surface area contributed by atoms with Crippen molar-refractivity contribution < 1.29 is 41.0 Å². The maximum Gasteiger partial charge on any atom is 0.416 e. The zero-order chi connectivity index (χ0) is 32.4. The summed E-state index contributed by atoms with van der Waals surface area (Å²) in [7, 11) is -4.29. The molecule has 1 heterocycles. The second-order valence-electron chi connectivity index (χ2n) is 10.2. The second-order valence-corrected chi connectivity index (χ2v) is 12.4. The average molecular weight is 659 g/mol. The molecule has 13 heteroatoms. The summed E-state index contributed by atoms with van der Waals surface area (Å²) in [6.07, 6.45) is -4.57. The van der Waals surface area contributed by atoms with Crippen LogP contribution < -0.4 is 14.4 Å². The van der Waals surface area contributed by atoms with Crippen LogP contribution in [-0.4, -0.2) is 44.6 Å². The summed E-state index contributed by atoms with van der Waals surface area (Å²) in [5, 5.41) is 11.7. The molecular weight excluding hydrogens is 633 g/mol. The van der Waals surface area contributed by atoms with Crippen LogP contribution in [0.2, 0.25) is 5.02 Å². The molecule has 0 aromatic heterocycles. The summed E-state index contributed by atoms with van der Waals surface area (Å²) >= 11 is 6.17. The first-order chi connectivity index (χ1) is 21.3. The number of sulfonamides is 1. The number of hydrogen-bond acceptors (Lipinski definition) is 5. The lowest BCUT2D eigenvalue weighted by molar-refractivity contribution is -0.138. The van der Waals surface area contributed by atoms with Crippen molar-refractivity contribution in [2.75, 3.05) is 17.5 Å². The molecule has 1 atom stereocenters. The Balaban J connectivity index is 1.31. The summed E-state index contributed by atoms with van der Waals surface area (Å²) in [5.41, 5.74) is 1.11. The number of carbonyl (C=O) groups is 2. The smallest absolute Gasteiger partial charge is 0.416 e. The summed E-state index contributed by atoms with van der Waals surface area (Å²) < 4.78 is 74.4. The quantitative estimate of drug-likeness (QED) is 0.203. The molecule has 0 bridgehead atoms. The molecular formula is C32H26ClF3N2O6S. The molecule has 0 saturated carbocycles. The molecule has 0 aliphatic carbocycles. The Hall–Kier alpha value is -4.55. The van der Waals surface area contributed by atoms with Gasteiger partial charge in [-0.15, -0.1) is 0 Å². The summed E-state index contributed by atoms with van der Waals surface area (Å²) in [4.78, 5) is 24.0. The van der Waals surface area contributed by atoms with Gasteiger partial charge in [-0.25, -0.2) is 8.42 Å². The predicted molar refractivity (Wildman–Crippen MR) is 162 cm³/mol. The first-order valence-corrected chi connectivity index (χ1v) is 15.5. The molecule has 1 aliphatic heterocycles. The maximum atomic E-state index is 13.9. The molecule has 0 fully saturated rings. The van der Waals surface area contributed by atoms with Gasteiger partial charge in [-0.05, 0) is 65.2 Å². The Morgan fingerprint density at radius 1 is 0.978 bits per heavy atom. The van der Waals surface area contributed by atoms with E-state index < -0.39 is 39.7 Å². The molecule has 2 N–H and O–H groups in total. The fourth-order valence-corrected chi connectivity index (χ4v) is 6.91. The van der Waals surface area contributed by atoms with Crippen LogP contribution >= 0.6 is 11.6 Å². The number of halogens is 4. The number of anilines is 1. The van der Waals surface area contributed by atoms with Gasteiger partial charge < -0.3 is 15.2 Å². The predicted octanol–water partition coefficient (Wildman–Crippen LogP) is 5.97. The lowest BCUT2D eigenvalue weighted by Gasteiger charge is -2.26. The number of carbonyl (C=O) groups excluding carboxylic acids is 1. The van der Waals surface area contributed by atoms with E-state index in [0.29, 0.717) is 22.6 Å². The van der Waals surface area contributed by atoms with Gasteiger partial charge >= 0.3 is 12.1 Å². The molecule has 8 nitrogen and oxygen atoms in total. The lowest BCUT2D eigenvalue weighted by atomic mass is 10.0. The van der Waals surface area contributed by atoms with E-state index in [4.69, 9.17) is 21.4 Å². The van der Waals surface area contributed by atoms with Crippen molar-refractivity contribution in [3.8, 4) is 16.9 Å². The Kier molecular flexibility index (Phi) is 9.08. The SMILES string of the molecule is O=C(O)Cc1ccc(OCCNC(=O)[C@@H]2Cc3ccccc3N2S(=O)(=O)c2ccc(-c3cc(C(F)(F)F)ccc3Cl)cc2)cc1. The van der Waals surface area contributed by atoms with Crippen molar-refractivity contribution in [2.45, 2.75) is 30.0 Å². The van der Waals surface area contributed by atoms with Crippen LogP contribution in [-0.2, 0) is 38.6 Å². The van der Waals surface area contributed by atoms with Gasteiger partial charge in [-0.3, -0.25) is 13.9 Å². The number of benzene rings is 4. The van der Waals surface area contributed by atoms with Crippen molar-refractivity contribution in [3.63, 3.8) is 0 Å². The highest BCUT2D eigenvalue weighted by Crippen LogP contribution is 2.39. The van der Waals surface area contributed by atoms with Crippen LogP contribution in [0.5, 0.6) is 5.75 Å². The van der Waals surface area contributed by atoms with E-state index >= 15 is 0 Å². The Labute approximate surface area is 262 Å². The van der Waals surface area contributed by atoms with E-state index in [9.17, 15) is 31.2 Å². The van der Waals surface area contributed by atoms with Crippen LogP contribution in [0.4, 0.5) is 18.9 Å². The molecule has 0 radical (unpaired) electrons. The van der Waals surface area contributed by atoms with E-state index in [0.717, 1.165) is 22.5 Å². The highest BCUT2D eigenvalue weighted by Gasteiger charge is 2.42. The van der Waals surface area contributed by atoms with Gasteiger partial charge in [0.25, 0.3) is 10.0 Å². The number of alkyl halides is 3. The minimum Gasteiger partial charge on any atom is -0.492 e. The molecule has 0 saturated heterocycles. The molecule has 4 aromatic rings. The van der Waals surface area contributed by atoms with Crippen molar-refractivity contribution >= 4 is 39.2 Å². The first kappa shape index (κ1) is 31.9. The zero-order valence-corrected chi connectivity index (χ0v) is 25.0. The maximum absolute atomic E-state index is 13.9. The fourth-order valence-electron chi connectivity index (χ4n) is 5.04. The minimum absolute atomic E-state index is 0.0722. The largest absolute Gasteiger partial charge is 0.492 e. The Bertz CT molecular complexity index is 1830. The number of nitrogens with zero attached hydrogens (tertiary/aromatic N) is 1. The van der Waals surface area contributed by atoms with Crippen LogP contribution in [0.3, 0.4) is 0 Å². The molecule has 1 amide bonds. The number of rotatable bonds is 10. The molecule has 234 valence electrons. The van der Waals surface area contributed by atoms with E-state index in [1.54, 1.807) is 48.5 Å². The highest BCUT2D eigenvalue weighted by molar-refractivity contribution is 7.93. The van der Waals surface area contributed by atoms with Crippen LogP contribution in [0.1, 0.15) is 16.7 Å². The Morgan fingerprint density at radius 2 is 1.67 bits per heavy atom. The highest BCUT2D eigenvalue weighted by atomic mass is 35.5. The second kappa shape index (κ2) is 12.8. The third-order valence-corrected chi connectivity index (χ3v) is 9.36. The minimum atomic E-state index is -4.58. The number of aliphatic carboxylic acids is 1. The van der Waals surface area contributed by atoms with Gasteiger partial charge in [0.2, 0.25) is 5.91 Å². The monoisotopic (exact) mass is 658 g/mol. The molecule has 1 aliphatic rings. The van der Waals surface area contributed by atoms with E-state index in [1.165, 1.54) is 24.3 Å². The first-order valence-electron chi connectivity index (χ1n) is 13.7. The summed E-state index contributed by atoms with van der Waals surface area (Å²) in [5.74, 6) is -1.01. The topological polar surface area (TPSA) is 113 Å². The molecule has 0 unspecified atom stereocenters. The third-order valence-electron chi connectivity index (χ3n) is 7.19. The number of hydrogen-bond donors (Lipinski definition) is 2. The number of nitrogens with one attached hydrogen (secondary N) is 1. The standard InChI is InChI=1S/C32H26ClF3N2O6S/c33-27-14-9-23(32(34,35)36)19-26(27)21-7-12-25(13-8-21)45(42,43)38-28-4-2-1-3-22(28)18-29(38)31(41)37-15-16-44-24-10-5-20(6-11-24)17-30(39)40/h1-14,19,29H,15-18H2,(H,37,41)(H,39,40)/t29-/m0/s1. The average Bonchev–Trinajstić information content (AvgIpc) is 3.40. The van der Waals surface area contributed by atoms with Gasteiger partial charge in [0.1, 0.15) is 18.4 Å². The van der Waals surface area contributed by atoms with Crippen molar-refractivity contribution in [2.24, 2.45) is 0 Å². The van der Waals surface area contributed by atoms with Gasteiger partial charge in [-0.1, -0.05) is 54.1 Å². The van der Waals surface area contributed by atoms with E-state index in [-0.39, 0.29) is 47.0 Å². The van der Waals surface area contributed by atoms with Crippen LogP contribution in [0, 0.1) is 0 Å². The fraction of sp³-hybridized carbons (Fsp3) is 0.188.